The van der Waals surface area contributed by atoms with E-state index in [4.69, 9.17) is 0 Å². The van der Waals surface area contributed by atoms with Gasteiger partial charge in [-0.3, -0.25) is 14.2 Å². The van der Waals surface area contributed by atoms with E-state index >= 15 is 0 Å². The number of benzene rings is 3. The molecule has 0 saturated carbocycles. The molecule has 0 fully saturated rings. The van der Waals surface area contributed by atoms with Crippen LogP contribution in [0.2, 0.25) is 0 Å². The maximum Gasteiger partial charge on any atom is 0.266 e. The van der Waals surface area contributed by atoms with Gasteiger partial charge in [-0.05, 0) is 55.8 Å². The van der Waals surface area contributed by atoms with Crippen LogP contribution < -0.4 is 11.0 Å². The van der Waals surface area contributed by atoms with Crippen molar-refractivity contribution in [3.8, 4) is 5.69 Å². The molecule has 3 aromatic carbocycles. The first-order valence-electron chi connectivity index (χ1n) is 10.2. The predicted octanol–water partition coefficient (Wildman–Crippen LogP) is 5.09. The SMILES string of the molecule is C/C(=N/NC(=O)CSc1nc2ccccc2c(=O)n1-c1ccc(C)cc1)c1ccc(Br)cc1. The molecule has 1 amide bonds. The fraction of sp³-hybridized carbons (Fsp3) is 0.120. The quantitative estimate of drug-likeness (QED) is 0.166. The molecule has 0 radical (unpaired) electrons. The largest absolute Gasteiger partial charge is 0.272 e. The highest BCUT2D eigenvalue weighted by Crippen LogP contribution is 2.21. The van der Waals surface area contributed by atoms with Gasteiger partial charge < -0.3 is 0 Å². The van der Waals surface area contributed by atoms with E-state index in [-0.39, 0.29) is 17.2 Å². The van der Waals surface area contributed by atoms with Crippen LogP contribution in [-0.4, -0.2) is 26.9 Å². The molecule has 1 N–H and O–H groups in total. The third-order valence-corrected chi connectivity index (χ3v) is 6.45. The molecule has 6 nitrogen and oxygen atoms in total. The lowest BCUT2D eigenvalue weighted by Crippen LogP contribution is -2.24. The molecule has 1 heterocycles. The Bertz CT molecular complexity index is 1400. The minimum atomic E-state index is -0.283. The molecule has 166 valence electrons. The van der Waals surface area contributed by atoms with Crippen molar-refractivity contribution in [2.24, 2.45) is 5.10 Å². The fourth-order valence-electron chi connectivity index (χ4n) is 3.19. The summed E-state index contributed by atoms with van der Waals surface area (Å²) in [4.78, 5) is 30.4. The van der Waals surface area contributed by atoms with Gasteiger partial charge in [-0.2, -0.15) is 5.10 Å². The lowest BCUT2D eigenvalue weighted by atomic mass is 10.1. The summed E-state index contributed by atoms with van der Waals surface area (Å²) in [5.74, 6) is -0.220. The van der Waals surface area contributed by atoms with E-state index in [2.05, 4.69) is 31.4 Å². The second-order valence-corrected chi connectivity index (χ2v) is 9.27. The molecular formula is C25H21BrN4O2S. The van der Waals surface area contributed by atoms with Crippen LogP contribution in [0.15, 0.2) is 92.3 Å². The molecule has 4 aromatic rings. The summed E-state index contributed by atoms with van der Waals surface area (Å²) >= 11 is 4.60. The molecule has 0 unspecified atom stereocenters. The van der Waals surface area contributed by atoms with Gasteiger partial charge in [0.2, 0.25) is 0 Å². The highest BCUT2D eigenvalue weighted by Gasteiger charge is 2.14. The van der Waals surface area contributed by atoms with Crippen LogP contribution >= 0.6 is 27.7 Å². The number of rotatable bonds is 6. The van der Waals surface area contributed by atoms with E-state index in [1.54, 1.807) is 16.7 Å². The number of halogens is 1. The zero-order valence-electron chi connectivity index (χ0n) is 18.1. The normalized spacial score (nSPS) is 11.5. The molecule has 0 aliphatic carbocycles. The smallest absolute Gasteiger partial charge is 0.266 e. The van der Waals surface area contributed by atoms with Gasteiger partial charge in [0, 0.05) is 4.47 Å². The van der Waals surface area contributed by atoms with Crippen LogP contribution in [0, 0.1) is 6.92 Å². The first-order chi connectivity index (χ1) is 15.9. The number of nitrogens with one attached hydrogen (secondary N) is 1. The van der Waals surface area contributed by atoms with E-state index in [0.717, 1.165) is 15.6 Å². The van der Waals surface area contributed by atoms with Gasteiger partial charge in [0.05, 0.1) is 28.1 Å². The Morgan fingerprint density at radius 3 is 2.48 bits per heavy atom. The minimum absolute atomic E-state index is 0.0633. The molecule has 1 aromatic heterocycles. The Hall–Kier alpha value is -3.23. The number of aromatic nitrogens is 2. The van der Waals surface area contributed by atoms with Gasteiger partial charge in [-0.25, -0.2) is 10.4 Å². The minimum Gasteiger partial charge on any atom is -0.272 e. The zero-order chi connectivity index (χ0) is 23.4. The van der Waals surface area contributed by atoms with Crippen molar-refractivity contribution in [1.82, 2.24) is 15.0 Å². The Morgan fingerprint density at radius 1 is 1.06 bits per heavy atom. The summed E-state index contributed by atoms with van der Waals surface area (Å²) in [6, 6.07) is 22.5. The number of hydrogen-bond acceptors (Lipinski definition) is 5. The average molecular weight is 521 g/mol. The third kappa shape index (κ3) is 5.40. The highest BCUT2D eigenvalue weighted by molar-refractivity contribution is 9.10. The number of para-hydroxylation sites is 1. The number of fused-ring (bicyclic) bond motifs is 1. The first-order valence-corrected chi connectivity index (χ1v) is 12.0. The van der Waals surface area contributed by atoms with E-state index < -0.39 is 0 Å². The molecule has 8 heteroatoms. The number of thioether (sulfide) groups is 1. The lowest BCUT2D eigenvalue weighted by Gasteiger charge is -2.13. The van der Waals surface area contributed by atoms with Crippen molar-refractivity contribution in [2.75, 3.05) is 5.75 Å². The average Bonchev–Trinajstić information content (AvgIpc) is 2.82. The highest BCUT2D eigenvalue weighted by atomic mass is 79.9. The van der Waals surface area contributed by atoms with Crippen molar-refractivity contribution in [3.05, 3.63) is 98.7 Å². The predicted molar refractivity (Wildman–Crippen MR) is 137 cm³/mol. The molecule has 0 saturated heterocycles. The molecule has 0 spiro atoms. The van der Waals surface area contributed by atoms with E-state index in [1.165, 1.54) is 11.8 Å². The second kappa shape index (κ2) is 10.1. The Morgan fingerprint density at radius 2 is 1.76 bits per heavy atom. The van der Waals surface area contributed by atoms with Crippen LogP contribution in [0.1, 0.15) is 18.1 Å². The molecule has 0 aliphatic rings. The van der Waals surface area contributed by atoms with Crippen molar-refractivity contribution in [2.45, 2.75) is 19.0 Å². The summed E-state index contributed by atoms with van der Waals surface area (Å²) in [6.45, 7) is 3.82. The zero-order valence-corrected chi connectivity index (χ0v) is 20.5. The van der Waals surface area contributed by atoms with E-state index in [0.29, 0.717) is 27.5 Å². The van der Waals surface area contributed by atoms with Crippen LogP contribution in [0.5, 0.6) is 0 Å². The van der Waals surface area contributed by atoms with E-state index in [9.17, 15) is 9.59 Å². The topological polar surface area (TPSA) is 76.3 Å². The second-order valence-electron chi connectivity index (χ2n) is 7.42. The Kier molecular flexibility index (Phi) is 7.05. The molecule has 0 aliphatic heterocycles. The van der Waals surface area contributed by atoms with Crippen molar-refractivity contribution in [3.63, 3.8) is 0 Å². The molecule has 33 heavy (non-hydrogen) atoms. The molecule has 0 atom stereocenters. The van der Waals surface area contributed by atoms with Gasteiger partial charge in [0.25, 0.3) is 11.5 Å². The van der Waals surface area contributed by atoms with E-state index in [1.807, 2.05) is 74.5 Å². The third-order valence-electron chi connectivity index (χ3n) is 4.98. The number of amides is 1. The van der Waals surface area contributed by atoms with Crippen molar-refractivity contribution >= 4 is 50.2 Å². The maximum absolute atomic E-state index is 13.3. The van der Waals surface area contributed by atoms with Gasteiger partial charge in [-0.15, -0.1) is 0 Å². The fourth-order valence-corrected chi connectivity index (χ4v) is 4.26. The summed E-state index contributed by atoms with van der Waals surface area (Å²) < 4.78 is 2.53. The summed E-state index contributed by atoms with van der Waals surface area (Å²) in [7, 11) is 0. The number of carbonyl (C=O) groups excluding carboxylic acids is 1. The first kappa shape index (κ1) is 22.9. The Balaban J connectivity index is 1.57. The monoisotopic (exact) mass is 520 g/mol. The van der Waals surface area contributed by atoms with Gasteiger partial charge in [-0.1, -0.05) is 69.7 Å². The number of hydrogen-bond donors (Lipinski definition) is 1. The summed E-state index contributed by atoms with van der Waals surface area (Å²) in [5, 5.41) is 5.17. The van der Waals surface area contributed by atoms with Crippen molar-refractivity contribution < 1.29 is 4.79 Å². The summed E-state index contributed by atoms with van der Waals surface area (Å²) in [5.41, 5.74) is 6.41. The molecule has 4 rings (SSSR count). The number of carbonyl (C=O) groups is 1. The van der Waals surface area contributed by atoms with Gasteiger partial charge >= 0.3 is 0 Å². The number of aryl methyl sites for hydroxylation is 1. The van der Waals surface area contributed by atoms with Gasteiger partial charge in [0.1, 0.15) is 0 Å². The maximum atomic E-state index is 13.3. The molecule has 0 bridgehead atoms. The van der Waals surface area contributed by atoms with Gasteiger partial charge in [0.15, 0.2) is 5.16 Å². The molecular weight excluding hydrogens is 500 g/mol. The van der Waals surface area contributed by atoms with Crippen LogP contribution in [0.3, 0.4) is 0 Å². The Labute approximate surface area is 203 Å². The summed E-state index contributed by atoms with van der Waals surface area (Å²) in [6.07, 6.45) is 0. The van der Waals surface area contributed by atoms with Crippen LogP contribution in [0.4, 0.5) is 0 Å². The lowest BCUT2D eigenvalue weighted by molar-refractivity contribution is -0.118. The van der Waals surface area contributed by atoms with Crippen molar-refractivity contribution in [1.29, 1.82) is 0 Å². The number of hydrazone groups is 1. The standard InChI is InChI=1S/C25H21BrN4O2S/c1-16-7-13-20(14-8-16)30-24(32)21-5-3-4-6-22(21)27-25(30)33-15-23(31)29-28-17(2)18-9-11-19(26)12-10-18/h3-14H,15H2,1-2H3,(H,29,31)/b28-17-. The van der Waals surface area contributed by atoms with Crippen LogP contribution in [0.25, 0.3) is 16.6 Å². The number of nitrogens with zero attached hydrogens (tertiary/aromatic N) is 3. The van der Waals surface area contributed by atoms with Crippen LogP contribution in [-0.2, 0) is 4.79 Å².